The maximum absolute atomic E-state index is 12.2. The maximum Gasteiger partial charge on any atom is 0.389 e. The van der Waals surface area contributed by atoms with Gasteiger partial charge in [-0.15, -0.1) is 0 Å². The Labute approximate surface area is 158 Å². The molecule has 1 aliphatic heterocycles. The minimum Gasteiger partial charge on any atom is -0.488 e. The molecule has 2 rings (SSSR count). The van der Waals surface area contributed by atoms with Gasteiger partial charge in [0.2, 0.25) is 0 Å². The molecule has 0 radical (unpaired) electrons. The molecule has 5 nitrogen and oxygen atoms in total. The summed E-state index contributed by atoms with van der Waals surface area (Å²) in [6.07, 6.45) is -3.37. The number of hydrogen-bond acceptors (Lipinski definition) is 3. The molecular weight excluding hydrogens is 359 g/mol. The van der Waals surface area contributed by atoms with E-state index >= 15 is 0 Å². The fourth-order valence-corrected chi connectivity index (χ4v) is 2.76. The summed E-state index contributed by atoms with van der Waals surface area (Å²) in [4.78, 5) is 4.11. The van der Waals surface area contributed by atoms with E-state index in [9.17, 15) is 13.2 Å². The first-order valence-electron chi connectivity index (χ1n) is 9.22. The molecule has 1 atom stereocenters. The van der Waals surface area contributed by atoms with Gasteiger partial charge in [-0.25, -0.2) is 0 Å². The van der Waals surface area contributed by atoms with Crippen LogP contribution in [0.2, 0.25) is 0 Å². The van der Waals surface area contributed by atoms with E-state index < -0.39 is 12.6 Å². The number of alkyl halides is 3. The van der Waals surface area contributed by atoms with Gasteiger partial charge in [0.15, 0.2) is 5.96 Å². The standard InChI is InChI=1S/C19H28F3N3O2/c1-14-5-6-15(17(11-14)27-16-7-10-26-13-16)12-25-18(23-2)24-9-4-3-8-19(20,21)22/h5-6,11,16H,3-4,7-10,12-13H2,1-2H3,(H2,23,24,25). The fourth-order valence-electron chi connectivity index (χ4n) is 2.76. The monoisotopic (exact) mass is 387 g/mol. The Morgan fingerprint density at radius 2 is 2.11 bits per heavy atom. The Kier molecular flexibility index (Phi) is 8.22. The van der Waals surface area contributed by atoms with E-state index in [1.54, 1.807) is 7.05 Å². The summed E-state index contributed by atoms with van der Waals surface area (Å²) in [5, 5.41) is 6.22. The number of halogens is 3. The van der Waals surface area contributed by atoms with Crippen molar-refractivity contribution in [3.8, 4) is 5.75 Å². The number of nitrogens with one attached hydrogen (secondary N) is 2. The number of guanidine groups is 1. The molecule has 0 saturated carbocycles. The van der Waals surface area contributed by atoms with Gasteiger partial charge in [0.05, 0.1) is 13.2 Å². The molecule has 0 aliphatic carbocycles. The van der Waals surface area contributed by atoms with Crippen LogP contribution >= 0.6 is 0 Å². The highest BCUT2D eigenvalue weighted by Gasteiger charge is 2.25. The van der Waals surface area contributed by atoms with Crippen LogP contribution in [-0.2, 0) is 11.3 Å². The van der Waals surface area contributed by atoms with E-state index in [4.69, 9.17) is 9.47 Å². The van der Waals surface area contributed by atoms with Gasteiger partial charge in [-0.3, -0.25) is 4.99 Å². The van der Waals surface area contributed by atoms with Crippen LogP contribution in [0.5, 0.6) is 5.75 Å². The second-order valence-electron chi connectivity index (χ2n) is 6.64. The van der Waals surface area contributed by atoms with Crippen LogP contribution in [0.15, 0.2) is 23.2 Å². The summed E-state index contributed by atoms with van der Waals surface area (Å²) >= 11 is 0. The molecule has 2 N–H and O–H groups in total. The lowest BCUT2D eigenvalue weighted by Gasteiger charge is -2.18. The van der Waals surface area contributed by atoms with Gasteiger partial charge in [0.25, 0.3) is 0 Å². The lowest BCUT2D eigenvalue weighted by molar-refractivity contribution is -0.135. The van der Waals surface area contributed by atoms with Crippen LogP contribution in [0.1, 0.15) is 36.8 Å². The minimum absolute atomic E-state index is 0.0663. The van der Waals surface area contributed by atoms with Crippen LogP contribution in [0.4, 0.5) is 13.2 Å². The largest absolute Gasteiger partial charge is 0.488 e. The van der Waals surface area contributed by atoms with E-state index in [2.05, 4.69) is 15.6 Å². The topological polar surface area (TPSA) is 54.9 Å². The molecular formula is C19H28F3N3O2. The summed E-state index contributed by atoms with van der Waals surface area (Å²) in [6, 6.07) is 6.02. The Hall–Kier alpha value is -1.96. The quantitative estimate of drug-likeness (QED) is 0.407. The van der Waals surface area contributed by atoms with Crippen molar-refractivity contribution in [2.24, 2.45) is 4.99 Å². The number of ether oxygens (including phenoxy) is 2. The van der Waals surface area contributed by atoms with Gasteiger partial charge >= 0.3 is 6.18 Å². The number of benzene rings is 1. The number of nitrogens with zero attached hydrogens (tertiary/aromatic N) is 1. The Bertz CT molecular complexity index is 615. The summed E-state index contributed by atoms with van der Waals surface area (Å²) in [7, 11) is 1.63. The van der Waals surface area contributed by atoms with Crippen molar-refractivity contribution in [2.75, 3.05) is 26.8 Å². The van der Waals surface area contributed by atoms with Gasteiger partial charge < -0.3 is 20.1 Å². The third-order valence-corrected chi connectivity index (χ3v) is 4.25. The van der Waals surface area contributed by atoms with Crippen LogP contribution in [0, 0.1) is 6.92 Å². The van der Waals surface area contributed by atoms with Crippen LogP contribution in [0.3, 0.4) is 0 Å². The van der Waals surface area contributed by atoms with E-state index in [-0.39, 0.29) is 12.5 Å². The van der Waals surface area contributed by atoms with Gasteiger partial charge in [0, 0.05) is 38.5 Å². The zero-order valence-corrected chi connectivity index (χ0v) is 15.9. The molecule has 0 aromatic heterocycles. The molecule has 1 aromatic carbocycles. The molecule has 1 aromatic rings. The summed E-state index contributed by atoms with van der Waals surface area (Å²) in [6.45, 7) is 4.27. The summed E-state index contributed by atoms with van der Waals surface area (Å²) in [5.74, 6) is 1.37. The van der Waals surface area contributed by atoms with E-state index in [0.717, 1.165) is 29.9 Å². The number of aryl methyl sites for hydroxylation is 1. The Morgan fingerprint density at radius 1 is 1.30 bits per heavy atom. The SMILES string of the molecule is CN=C(NCCCCC(F)(F)F)NCc1ccc(C)cc1OC1CCOC1. The summed E-state index contributed by atoms with van der Waals surface area (Å²) < 4.78 is 47.9. The number of hydrogen-bond donors (Lipinski definition) is 2. The zero-order chi connectivity index (χ0) is 19.7. The van der Waals surface area contributed by atoms with Crippen LogP contribution in [0.25, 0.3) is 0 Å². The molecule has 27 heavy (non-hydrogen) atoms. The van der Waals surface area contributed by atoms with Crippen molar-refractivity contribution in [3.05, 3.63) is 29.3 Å². The van der Waals surface area contributed by atoms with Crippen molar-refractivity contribution in [3.63, 3.8) is 0 Å². The molecule has 1 unspecified atom stereocenters. The molecule has 152 valence electrons. The third-order valence-electron chi connectivity index (χ3n) is 4.25. The normalized spacial score (nSPS) is 17.8. The smallest absolute Gasteiger partial charge is 0.389 e. The zero-order valence-electron chi connectivity index (χ0n) is 15.9. The van der Waals surface area contributed by atoms with E-state index in [0.29, 0.717) is 32.1 Å². The van der Waals surface area contributed by atoms with Gasteiger partial charge in [0.1, 0.15) is 11.9 Å². The molecule has 8 heteroatoms. The van der Waals surface area contributed by atoms with E-state index in [1.807, 2.05) is 25.1 Å². The number of unbranched alkanes of at least 4 members (excludes halogenated alkanes) is 1. The molecule has 0 bridgehead atoms. The number of aliphatic imine (C=N–C) groups is 1. The van der Waals surface area contributed by atoms with Crippen molar-refractivity contribution in [1.82, 2.24) is 10.6 Å². The highest BCUT2D eigenvalue weighted by atomic mass is 19.4. The van der Waals surface area contributed by atoms with Gasteiger partial charge in [-0.1, -0.05) is 12.1 Å². The van der Waals surface area contributed by atoms with Crippen molar-refractivity contribution in [2.45, 2.75) is 51.4 Å². The minimum atomic E-state index is -4.09. The van der Waals surface area contributed by atoms with E-state index in [1.165, 1.54) is 0 Å². The highest BCUT2D eigenvalue weighted by molar-refractivity contribution is 5.79. The first-order valence-corrected chi connectivity index (χ1v) is 9.22. The molecule has 1 heterocycles. The molecule has 0 amide bonds. The first kappa shape index (κ1) is 21.3. The third kappa shape index (κ3) is 8.07. The van der Waals surface area contributed by atoms with Crippen molar-refractivity contribution < 1.29 is 22.6 Å². The first-order chi connectivity index (χ1) is 12.9. The highest BCUT2D eigenvalue weighted by Crippen LogP contribution is 2.24. The molecule has 1 saturated heterocycles. The molecule has 1 aliphatic rings. The Balaban J connectivity index is 1.81. The van der Waals surface area contributed by atoms with Gasteiger partial charge in [-0.05, 0) is 31.4 Å². The van der Waals surface area contributed by atoms with Crippen LogP contribution in [-0.4, -0.2) is 45.0 Å². The fraction of sp³-hybridized carbons (Fsp3) is 0.632. The van der Waals surface area contributed by atoms with Crippen LogP contribution < -0.4 is 15.4 Å². The number of rotatable bonds is 8. The predicted octanol–water partition coefficient (Wildman–Crippen LogP) is 3.56. The van der Waals surface area contributed by atoms with Crippen molar-refractivity contribution in [1.29, 1.82) is 0 Å². The lowest BCUT2D eigenvalue weighted by Crippen LogP contribution is -2.37. The second kappa shape index (κ2) is 10.4. The van der Waals surface area contributed by atoms with Crippen molar-refractivity contribution >= 4 is 5.96 Å². The lowest BCUT2D eigenvalue weighted by atomic mass is 10.1. The van der Waals surface area contributed by atoms with Gasteiger partial charge in [-0.2, -0.15) is 13.2 Å². The molecule has 1 fully saturated rings. The average Bonchev–Trinajstić information content (AvgIpc) is 3.11. The molecule has 0 spiro atoms. The summed E-state index contributed by atoms with van der Waals surface area (Å²) in [5.41, 5.74) is 2.10. The predicted molar refractivity (Wildman–Crippen MR) is 99.1 cm³/mol. The second-order valence-corrected chi connectivity index (χ2v) is 6.64. The maximum atomic E-state index is 12.2. The average molecular weight is 387 g/mol. The Morgan fingerprint density at radius 3 is 2.78 bits per heavy atom.